The average molecular weight is 418 g/mol. The van der Waals surface area contributed by atoms with Crippen molar-refractivity contribution >= 4 is 17.5 Å². The number of carbonyl (C=O) groups excluding carboxylic acids is 2. The second kappa shape index (κ2) is 6.85. The molecule has 6 rings (SSSR count). The SMILES string of the molecule is O=C(Nc1ccc2c(c1)OCO2)[C@H]1[C@H]2C(=O)N(CCc3ccccc3)C[C@]23C=C[C@H]1O3. The van der Waals surface area contributed by atoms with Crippen LogP contribution in [-0.4, -0.2) is 48.3 Å². The highest BCUT2D eigenvalue weighted by Gasteiger charge is 2.66. The standard InChI is InChI=1S/C24H22N2O5/c27-22(25-16-6-7-17-19(12-16)30-14-29-17)20-18-8-10-24(31-18)13-26(23(28)21(20)24)11-9-15-4-2-1-3-5-15/h1-8,10,12,18,20-21H,9,11,13-14H2,(H,25,27)/t18-,20-,21+,24-/m1/s1. The lowest BCUT2D eigenvalue weighted by Gasteiger charge is -2.23. The summed E-state index contributed by atoms with van der Waals surface area (Å²) in [6.45, 7) is 1.28. The Morgan fingerprint density at radius 2 is 1.97 bits per heavy atom. The molecule has 0 aromatic heterocycles. The van der Waals surface area contributed by atoms with E-state index in [-0.39, 0.29) is 24.7 Å². The van der Waals surface area contributed by atoms with Gasteiger partial charge in [0.05, 0.1) is 24.5 Å². The van der Waals surface area contributed by atoms with Crippen LogP contribution in [0.2, 0.25) is 0 Å². The van der Waals surface area contributed by atoms with Gasteiger partial charge in [-0.25, -0.2) is 0 Å². The first-order valence-electron chi connectivity index (χ1n) is 10.5. The van der Waals surface area contributed by atoms with Gasteiger partial charge < -0.3 is 24.4 Å². The minimum absolute atomic E-state index is 0.00591. The molecule has 158 valence electrons. The number of rotatable bonds is 5. The third kappa shape index (κ3) is 2.91. The lowest BCUT2D eigenvalue weighted by molar-refractivity contribution is -0.135. The third-order valence-corrected chi connectivity index (χ3v) is 6.63. The fourth-order valence-corrected chi connectivity index (χ4v) is 5.18. The smallest absolute Gasteiger partial charge is 0.231 e. The van der Waals surface area contributed by atoms with Crippen molar-refractivity contribution < 1.29 is 23.8 Å². The summed E-state index contributed by atoms with van der Waals surface area (Å²) in [5, 5.41) is 2.94. The lowest BCUT2D eigenvalue weighted by Crippen LogP contribution is -2.41. The highest BCUT2D eigenvalue weighted by molar-refractivity contribution is 5.99. The van der Waals surface area contributed by atoms with E-state index in [0.717, 1.165) is 6.42 Å². The molecular weight excluding hydrogens is 396 g/mol. The zero-order chi connectivity index (χ0) is 21.0. The van der Waals surface area contributed by atoms with Crippen molar-refractivity contribution in [2.24, 2.45) is 11.8 Å². The van der Waals surface area contributed by atoms with Crippen molar-refractivity contribution in [2.75, 3.05) is 25.2 Å². The van der Waals surface area contributed by atoms with Crippen molar-refractivity contribution in [3.8, 4) is 11.5 Å². The summed E-state index contributed by atoms with van der Waals surface area (Å²) in [5.74, 6) is -0.00513. The Balaban J connectivity index is 1.19. The molecular formula is C24H22N2O5. The monoisotopic (exact) mass is 418 g/mol. The fraction of sp³-hybridized carbons (Fsp3) is 0.333. The number of nitrogens with zero attached hydrogens (tertiary/aromatic N) is 1. The molecule has 4 aliphatic heterocycles. The van der Waals surface area contributed by atoms with E-state index in [9.17, 15) is 9.59 Å². The number of amides is 2. The van der Waals surface area contributed by atoms with Crippen LogP contribution in [0.1, 0.15) is 5.56 Å². The van der Waals surface area contributed by atoms with E-state index >= 15 is 0 Å². The molecule has 4 atom stereocenters. The van der Waals surface area contributed by atoms with Gasteiger partial charge in [-0.3, -0.25) is 9.59 Å². The molecule has 2 fully saturated rings. The summed E-state index contributed by atoms with van der Waals surface area (Å²) in [6, 6.07) is 15.4. The summed E-state index contributed by atoms with van der Waals surface area (Å²) in [4.78, 5) is 28.4. The number of benzene rings is 2. The number of fused-ring (bicyclic) bond motifs is 2. The molecule has 4 heterocycles. The van der Waals surface area contributed by atoms with Crippen LogP contribution < -0.4 is 14.8 Å². The molecule has 2 aromatic carbocycles. The predicted octanol–water partition coefficient (Wildman–Crippen LogP) is 2.38. The van der Waals surface area contributed by atoms with E-state index in [1.54, 1.807) is 18.2 Å². The summed E-state index contributed by atoms with van der Waals surface area (Å²) in [5.41, 5.74) is 1.10. The first kappa shape index (κ1) is 18.4. The topological polar surface area (TPSA) is 77.1 Å². The Morgan fingerprint density at radius 3 is 2.84 bits per heavy atom. The van der Waals surface area contributed by atoms with Gasteiger partial charge in [0.25, 0.3) is 0 Å². The average Bonchev–Trinajstić information content (AvgIpc) is 3.53. The molecule has 1 N–H and O–H groups in total. The second-order valence-corrected chi connectivity index (χ2v) is 8.45. The van der Waals surface area contributed by atoms with Gasteiger partial charge in [0.1, 0.15) is 5.60 Å². The van der Waals surface area contributed by atoms with Crippen LogP contribution in [0.25, 0.3) is 0 Å². The Hall–Kier alpha value is -3.32. The van der Waals surface area contributed by atoms with Crippen LogP contribution in [0.5, 0.6) is 11.5 Å². The van der Waals surface area contributed by atoms with Crippen LogP contribution in [0.15, 0.2) is 60.7 Å². The normalized spacial score (nSPS) is 29.5. The maximum absolute atomic E-state index is 13.3. The Kier molecular flexibility index (Phi) is 4.08. The Labute approximate surface area is 179 Å². The molecule has 0 unspecified atom stereocenters. The maximum atomic E-state index is 13.3. The lowest BCUT2D eigenvalue weighted by atomic mass is 9.77. The summed E-state index contributed by atoms with van der Waals surface area (Å²) >= 11 is 0. The molecule has 2 bridgehead atoms. The molecule has 7 heteroatoms. The van der Waals surface area contributed by atoms with E-state index in [2.05, 4.69) is 17.4 Å². The van der Waals surface area contributed by atoms with Crippen molar-refractivity contribution in [1.82, 2.24) is 4.90 Å². The summed E-state index contributed by atoms with van der Waals surface area (Å²) in [7, 11) is 0. The number of nitrogens with one attached hydrogen (secondary N) is 1. The predicted molar refractivity (Wildman–Crippen MR) is 112 cm³/mol. The zero-order valence-electron chi connectivity index (χ0n) is 16.8. The zero-order valence-corrected chi connectivity index (χ0v) is 16.8. The maximum Gasteiger partial charge on any atom is 0.231 e. The van der Waals surface area contributed by atoms with Crippen molar-refractivity contribution in [1.29, 1.82) is 0 Å². The number of carbonyl (C=O) groups is 2. The summed E-state index contributed by atoms with van der Waals surface area (Å²) in [6.07, 6.45) is 4.30. The van der Waals surface area contributed by atoms with Gasteiger partial charge in [-0.15, -0.1) is 0 Å². The highest BCUT2D eigenvalue weighted by Crippen LogP contribution is 2.52. The Bertz CT molecular complexity index is 1080. The van der Waals surface area contributed by atoms with E-state index in [0.29, 0.717) is 30.3 Å². The van der Waals surface area contributed by atoms with Gasteiger partial charge in [0.2, 0.25) is 18.6 Å². The minimum Gasteiger partial charge on any atom is -0.454 e. The quantitative estimate of drug-likeness (QED) is 0.755. The third-order valence-electron chi connectivity index (χ3n) is 6.63. The van der Waals surface area contributed by atoms with Crippen LogP contribution in [0.3, 0.4) is 0 Å². The second-order valence-electron chi connectivity index (χ2n) is 8.45. The first-order chi connectivity index (χ1) is 15.1. The Morgan fingerprint density at radius 1 is 1.13 bits per heavy atom. The molecule has 2 saturated heterocycles. The van der Waals surface area contributed by atoms with Crippen LogP contribution >= 0.6 is 0 Å². The van der Waals surface area contributed by atoms with E-state index < -0.39 is 17.4 Å². The molecule has 2 aromatic rings. The van der Waals surface area contributed by atoms with Crippen LogP contribution in [-0.2, 0) is 20.7 Å². The van der Waals surface area contributed by atoms with Crippen LogP contribution in [0.4, 0.5) is 5.69 Å². The molecule has 0 saturated carbocycles. The molecule has 0 radical (unpaired) electrons. The van der Waals surface area contributed by atoms with E-state index in [1.165, 1.54) is 5.56 Å². The van der Waals surface area contributed by atoms with E-state index in [1.807, 2.05) is 35.3 Å². The number of hydrogen-bond donors (Lipinski definition) is 1. The number of likely N-dealkylation sites (tertiary alicyclic amines) is 1. The minimum atomic E-state index is -0.699. The first-order valence-corrected chi connectivity index (χ1v) is 10.5. The van der Waals surface area contributed by atoms with Gasteiger partial charge in [-0.05, 0) is 24.1 Å². The number of anilines is 1. The number of hydrogen-bond acceptors (Lipinski definition) is 5. The molecule has 0 aliphatic carbocycles. The van der Waals surface area contributed by atoms with Crippen molar-refractivity contribution in [3.63, 3.8) is 0 Å². The van der Waals surface area contributed by atoms with Gasteiger partial charge in [-0.1, -0.05) is 42.5 Å². The molecule has 4 aliphatic rings. The van der Waals surface area contributed by atoms with Crippen molar-refractivity contribution in [2.45, 2.75) is 18.1 Å². The van der Waals surface area contributed by atoms with Gasteiger partial charge in [-0.2, -0.15) is 0 Å². The molecule has 31 heavy (non-hydrogen) atoms. The molecule has 7 nitrogen and oxygen atoms in total. The van der Waals surface area contributed by atoms with E-state index in [4.69, 9.17) is 14.2 Å². The largest absolute Gasteiger partial charge is 0.454 e. The van der Waals surface area contributed by atoms with Gasteiger partial charge in [0.15, 0.2) is 11.5 Å². The number of ether oxygens (including phenoxy) is 3. The molecule has 2 amide bonds. The van der Waals surface area contributed by atoms with Gasteiger partial charge in [0, 0.05) is 18.3 Å². The van der Waals surface area contributed by atoms with Gasteiger partial charge >= 0.3 is 0 Å². The van der Waals surface area contributed by atoms with Crippen molar-refractivity contribution in [3.05, 3.63) is 66.2 Å². The highest BCUT2D eigenvalue weighted by atomic mass is 16.7. The molecule has 1 spiro atoms. The summed E-state index contributed by atoms with van der Waals surface area (Å²) < 4.78 is 16.9. The van der Waals surface area contributed by atoms with Crippen LogP contribution in [0, 0.1) is 11.8 Å². The fourth-order valence-electron chi connectivity index (χ4n) is 5.18.